The van der Waals surface area contributed by atoms with Crippen molar-refractivity contribution in [3.05, 3.63) is 24.4 Å². The van der Waals surface area contributed by atoms with Gasteiger partial charge in [0.05, 0.1) is 0 Å². The Morgan fingerprint density at radius 1 is 1.47 bits per heavy atom. The van der Waals surface area contributed by atoms with Crippen LogP contribution >= 0.6 is 11.5 Å². The van der Waals surface area contributed by atoms with Crippen LogP contribution in [-0.2, 0) is 0 Å². The summed E-state index contributed by atoms with van der Waals surface area (Å²) in [5, 5.41) is 4.47. The summed E-state index contributed by atoms with van der Waals surface area (Å²) in [6.07, 6.45) is 5.63. The standard InChI is InChI=1S/C12H16N6S/c1-9-15-12(19-17-9)18-6-2-3-10(7-18)16-11-4-5-13-8-14-11/h4-5,8,10H,2-3,6-7H2,1H3,(H,13,14,16). The average molecular weight is 276 g/mol. The lowest BCUT2D eigenvalue weighted by Crippen LogP contribution is -2.42. The van der Waals surface area contributed by atoms with Crippen LogP contribution < -0.4 is 10.2 Å². The molecule has 1 saturated heterocycles. The van der Waals surface area contributed by atoms with Gasteiger partial charge in [-0.2, -0.15) is 4.37 Å². The van der Waals surface area contributed by atoms with E-state index in [1.807, 2.05) is 13.0 Å². The van der Waals surface area contributed by atoms with Crippen molar-refractivity contribution < 1.29 is 0 Å². The van der Waals surface area contributed by atoms with Crippen LogP contribution in [-0.4, -0.2) is 38.5 Å². The van der Waals surface area contributed by atoms with Crippen LogP contribution in [0.2, 0.25) is 0 Å². The molecule has 6 nitrogen and oxygen atoms in total. The fourth-order valence-corrected chi connectivity index (χ4v) is 2.98. The number of anilines is 2. The third kappa shape index (κ3) is 2.98. The highest BCUT2D eigenvalue weighted by Crippen LogP contribution is 2.22. The predicted octanol–water partition coefficient (Wildman–Crippen LogP) is 1.72. The van der Waals surface area contributed by atoms with Crippen LogP contribution in [0.25, 0.3) is 0 Å². The molecule has 1 aliphatic heterocycles. The van der Waals surface area contributed by atoms with E-state index >= 15 is 0 Å². The van der Waals surface area contributed by atoms with Gasteiger partial charge in [0.15, 0.2) is 0 Å². The normalized spacial score (nSPS) is 19.4. The summed E-state index contributed by atoms with van der Waals surface area (Å²) in [7, 11) is 0. The molecule has 1 aliphatic rings. The first kappa shape index (κ1) is 12.3. The SMILES string of the molecule is Cc1nsc(N2CCCC(Nc3ccncn3)C2)n1. The summed E-state index contributed by atoms with van der Waals surface area (Å²) in [4.78, 5) is 14.9. The van der Waals surface area contributed by atoms with Gasteiger partial charge in [-0.3, -0.25) is 0 Å². The van der Waals surface area contributed by atoms with Crippen LogP contribution in [0.3, 0.4) is 0 Å². The Kier molecular flexibility index (Phi) is 3.54. The molecule has 0 saturated carbocycles. The third-order valence-corrected chi connectivity index (χ3v) is 4.01. The quantitative estimate of drug-likeness (QED) is 0.920. The Hall–Kier alpha value is -1.76. The molecule has 100 valence electrons. The molecular formula is C12H16N6S. The summed E-state index contributed by atoms with van der Waals surface area (Å²) < 4.78 is 4.25. The van der Waals surface area contributed by atoms with Gasteiger partial charge in [-0.25, -0.2) is 15.0 Å². The second-order valence-electron chi connectivity index (χ2n) is 4.65. The lowest BCUT2D eigenvalue weighted by Gasteiger charge is -2.32. The number of nitrogens with one attached hydrogen (secondary N) is 1. The molecule has 1 fully saturated rings. The van der Waals surface area contributed by atoms with Crippen molar-refractivity contribution in [1.29, 1.82) is 0 Å². The van der Waals surface area contributed by atoms with E-state index in [1.165, 1.54) is 11.5 Å². The minimum Gasteiger partial charge on any atom is -0.365 e. The largest absolute Gasteiger partial charge is 0.365 e. The van der Waals surface area contributed by atoms with Crippen molar-refractivity contribution in [3.8, 4) is 0 Å². The van der Waals surface area contributed by atoms with Crippen LogP contribution in [0.15, 0.2) is 18.6 Å². The van der Waals surface area contributed by atoms with E-state index in [2.05, 4.69) is 29.5 Å². The molecule has 2 aromatic heterocycles. The molecule has 0 amide bonds. The molecule has 1 atom stereocenters. The topological polar surface area (TPSA) is 66.8 Å². The summed E-state index contributed by atoms with van der Waals surface area (Å²) in [5.41, 5.74) is 0. The highest BCUT2D eigenvalue weighted by molar-refractivity contribution is 7.09. The van der Waals surface area contributed by atoms with Crippen molar-refractivity contribution in [2.45, 2.75) is 25.8 Å². The first-order valence-corrected chi connectivity index (χ1v) is 7.16. The Morgan fingerprint density at radius 2 is 2.42 bits per heavy atom. The van der Waals surface area contributed by atoms with Gasteiger partial charge in [0, 0.05) is 36.9 Å². The Labute approximate surface area is 116 Å². The molecule has 2 aromatic rings. The van der Waals surface area contributed by atoms with Crippen LogP contribution in [0, 0.1) is 6.92 Å². The van der Waals surface area contributed by atoms with E-state index in [9.17, 15) is 0 Å². The third-order valence-electron chi connectivity index (χ3n) is 3.14. The van der Waals surface area contributed by atoms with Gasteiger partial charge in [0.25, 0.3) is 0 Å². The van der Waals surface area contributed by atoms with Crippen molar-refractivity contribution in [3.63, 3.8) is 0 Å². The van der Waals surface area contributed by atoms with E-state index in [0.29, 0.717) is 6.04 Å². The van der Waals surface area contributed by atoms with E-state index in [0.717, 1.165) is 42.7 Å². The monoisotopic (exact) mass is 276 g/mol. The van der Waals surface area contributed by atoms with E-state index < -0.39 is 0 Å². The molecule has 1 unspecified atom stereocenters. The zero-order valence-corrected chi connectivity index (χ0v) is 11.6. The molecule has 7 heteroatoms. The number of hydrogen-bond donors (Lipinski definition) is 1. The molecule has 19 heavy (non-hydrogen) atoms. The Balaban J connectivity index is 1.65. The van der Waals surface area contributed by atoms with Gasteiger partial charge in [-0.1, -0.05) is 0 Å². The number of nitrogens with zero attached hydrogens (tertiary/aromatic N) is 5. The zero-order valence-electron chi connectivity index (χ0n) is 10.8. The summed E-state index contributed by atoms with van der Waals surface area (Å²) in [5.74, 6) is 1.74. The molecule has 0 aromatic carbocycles. The smallest absolute Gasteiger partial charge is 0.205 e. The molecule has 0 aliphatic carbocycles. The molecule has 0 bridgehead atoms. The van der Waals surface area contributed by atoms with Gasteiger partial charge >= 0.3 is 0 Å². The molecule has 1 N–H and O–H groups in total. The van der Waals surface area contributed by atoms with Crippen molar-refractivity contribution in [2.24, 2.45) is 0 Å². The van der Waals surface area contributed by atoms with Crippen LogP contribution in [0.5, 0.6) is 0 Å². The fraction of sp³-hybridized carbons (Fsp3) is 0.500. The Bertz CT molecular complexity index is 528. The fourth-order valence-electron chi connectivity index (χ4n) is 2.27. The van der Waals surface area contributed by atoms with Crippen molar-refractivity contribution in [1.82, 2.24) is 19.3 Å². The first-order chi connectivity index (χ1) is 9.31. The number of aromatic nitrogens is 4. The van der Waals surface area contributed by atoms with Gasteiger partial charge < -0.3 is 10.2 Å². The lowest BCUT2D eigenvalue weighted by atomic mass is 10.1. The lowest BCUT2D eigenvalue weighted by molar-refractivity contribution is 0.528. The highest BCUT2D eigenvalue weighted by Gasteiger charge is 2.22. The minimum absolute atomic E-state index is 0.396. The maximum atomic E-state index is 4.46. The summed E-state index contributed by atoms with van der Waals surface area (Å²) >= 11 is 1.48. The molecule has 0 radical (unpaired) electrons. The molecular weight excluding hydrogens is 260 g/mol. The maximum absolute atomic E-state index is 4.46. The first-order valence-electron chi connectivity index (χ1n) is 6.39. The minimum atomic E-state index is 0.396. The van der Waals surface area contributed by atoms with Gasteiger partial charge in [0.1, 0.15) is 18.0 Å². The number of rotatable bonds is 3. The van der Waals surface area contributed by atoms with E-state index in [4.69, 9.17) is 0 Å². The highest BCUT2D eigenvalue weighted by atomic mass is 32.1. The summed E-state index contributed by atoms with van der Waals surface area (Å²) in [6, 6.07) is 2.29. The number of piperidine rings is 1. The van der Waals surface area contributed by atoms with Crippen molar-refractivity contribution >= 4 is 22.5 Å². The molecule has 3 rings (SSSR count). The van der Waals surface area contributed by atoms with Crippen LogP contribution in [0.4, 0.5) is 10.9 Å². The second-order valence-corrected chi connectivity index (χ2v) is 5.38. The van der Waals surface area contributed by atoms with Gasteiger partial charge in [-0.15, -0.1) is 0 Å². The van der Waals surface area contributed by atoms with Gasteiger partial charge in [0.2, 0.25) is 5.13 Å². The predicted molar refractivity (Wildman–Crippen MR) is 75.5 cm³/mol. The average Bonchev–Trinajstić information content (AvgIpc) is 2.87. The summed E-state index contributed by atoms with van der Waals surface area (Å²) in [6.45, 7) is 3.93. The van der Waals surface area contributed by atoms with Gasteiger partial charge in [-0.05, 0) is 25.8 Å². The maximum Gasteiger partial charge on any atom is 0.205 e. The number of hydrogen-bond acceptors (Lipinski definition) is 7. The molecule has 0 spiro atoms. The van der Waals surface area contributed by atoms with Crippen LogP contribution in [0.1, 0.15) is 18.7 Å². The molecule has 3 heterocycles. The van der Waals surface area contributed by atoms with E-state index in [1.54, 1.807) is 12.5 Å². The Morgan fingerprint density at radius 3 is 3.16 bits per heavy atom. The second kappa shape index (κ2) is 5.48. The number of aryl methyl sites for hydroxylation is 1. The van der Waals surface area contributed by atoms with Crippen molar-refractivity contribution in [2.75, 3.05) is 23.3 Å². The zero-order chi connectivity index (χ0) is 13.1. The van der Waals surface area contributed by atoms with E-state index in [-0.39, 0.29) is 0 Å².